The average Bonchev–Trinajstić information content (AvgIpc) is 2.37. The summed E-state index contributed by atoms with van der Waals surface area (Å²) < 4.78 is 0. The predicted octanol–water partition coefficient (Wildman–Crippen LogP) is 2.87. The number of carbonyl (C=O) groups is 1. The van der Waals surface area contributed by atoms with E-state index in [1.807, 2.05) is 19.9 Å². The number of anilines is 1. The predicted molar refractivity (Wildman–Crippen MR) is 67.7 cm³/mol. The Labute approximate surface area is 102 Å². The van der Waals surface area contributed by atoms with Gasteiger partial charge in [0.2, 0.25) is 0 Å². The van der Waals surface area contributed by atoms with Gasteiger partial charge in [0.15, 0.2) is 0 Å². The maximum Gasteiger partial charge on any atom is 0.319 e. The van der Waals surface area contributed by atoms with E-state index in [4.69, 9.17) is 5.26 Å². The van der Waals surface area contributed by atoms with Crippen LogP contribution in [0.5, 0.6) is 0 Å². The minimum atomic E-state index is -0.205. The third kappa shape index (κ3) is 4.15. The van der Waals surface area contributed by atoms with Crippen molar-refractivity contribution >= 4 is 11.7 Å². The summed E-state index contributed by atoms with van der Waals surface area (Å²) in [6.07, 6.45) is 1.83. The lowest BCUT2D eigenvalue weighted by atomic mass is 10.2. The molecule has 4 heteroatoms. The molecule has 0 aliphatic heterocycles. The molecule has 4 nitrogen and oxygen atoms in total. The van der Waals surface area contributed by atoms with Gasteiger partial charge in [-0.15, -0.1) is 0 Å². The maximum absolute atomic E-state index is 11.6. The first-order valence-corrected chi connectivity index (χ1v) is 5.77. The summed E-state index contributed by atoms with van der Waals surface area (Å²) >= 11 is 0. The molecule has 0 saturated carbocycles. The SMILES string of the molecule is CCC(CC)NC(=O)Nc1ccc(C#N)cc1. The van der Waals surface area contributed by atoms with Gasteiger partial charge in [-0.05, 0) is 37.1 Å². The molecular weight excluding hydrogens is 214 g/mol. The molecule has 90 valence electrons. The Morgan fingerprint density at radius 3 is 2.35 bits per heavy atom. The number of hydrogen-bond acceptors (Lipinski definition) is 2. The largest absolute Gasteiger partial charge is 0.335 e. The molecule has 0 aliphatic rings. The first-order chi connectivity index (χ1) is 8.19. The Balaban J connectivity index is 2.53. The maximum atomic E-state index is 11.6. The summed E-state index contributed by atoms with van der Waals surface area (Å²) in [5, 5.41) is 14.3. The van der Waals surface area contributed by atoms with E-state index in [-0.39, 0.29) is 12.1 Å². The molecule has 1 rings (SSSR count). The van der Waals surface area contributed by atoms with Crippen LogP contribution in [0.1, 0.15) is 32.3 Å². The third-order valence-corrected chi connectivity index (χ3v) is 2.59. The molecule has 0 aromatic heterocycles. The number of rotatable bonds is 4. The molecule has 0 saturated heterocycles. The number of hydrogen-bond donors (Lipinski definition) is 2. The molecule has 0 atom stereocenters. The molecule has 2 amide bonds. The van der Waals surface area contributed by atoms with Crippen molar-refractivity contribution in [3.8, 4) is 6.07 Å². The van der Waals surface area contributed by atoms with Gasteiger partial charge in [0.1, 0.15) is 0 Å². The zero-order valence-corrected chi connectivity index (χ0v) is 10.2. The Morgan fingerprint density at radius 2 is 1.88 bits per heavy atom. The van der Waals surface area contributed by atoms with Crippen LogP contribution in [0, 0.1) is 11.3 Å². The highest BCUT2D eigenvalue weighted by atomic mass is 16.2. The molecule has 0 bridgehead atoms. The number of benzene rings is 1. The molecule has 0 radical (unpaired) electrons. The first kappa shape index (κ1) is 13.0. The van der Waals surface area contributed by atoms with Crippen LogP contribution in [-0.2, 0) is 0 Å². The monoisotopic (exact) mass is 231 g/mol. The van der Waals surface area contributed by atoms with E-state index in [1.54, 1.807) is 24.3 Å². The topological polar surface area (TPSA) is 64.9 Å². The zero-order valence-electron chi connectivity index (χ0n) is 10.2. The first-order valence-electron chi connectivity index (χ1n) is 5.77. The van der Waals surface area contributed by atoms with Crippen LogP contribution in [0.25, 0.3) is 0 Å². The minimum absolute atomic E-state index is 0.202. The number of nitrogens with zero attached hydrogens (tertiary/aromatic N) is 1. The van der Waals surface area contributed by atoms with E-state index in [0.29, 0.717) is 11.3 Å². The van der Waals surface area contributed by atoms with Crippen LogP contribution in [0.3, 0.4) is 0 Å². The second-order valence-corrected chi connectivity index (χ2v) is 3.80. The summed E-state index contributed by atoms with van der Waals surface area (Å²) in [7, 11) is 0. The van der Waals surface area contributed by atoms with Crippen LogP contribution in [-0.4, -0.2) is 12.1 Å². The van der Waals surface area contributed by atoms with Gasteiger partial charge in [-0.2, -0.15) is 5.26 Å². The molecular formula is C13H17N3O. The van der Waals surface area contributed by atoms with Crippen LogP contribution in [0.4, 0.5) is 10.5 Å². The summed E-state index contributed by atoms with van der Waals surface area (Å²) in [6, 6.07) is 8.80. The van der Waals surface area contributed by atoms with Crippen molar-refractivity contribution in [3.05, 3.63) is 29.8 Å². The molecule has 17 heavy (non-hydrogen) atoms. The van der Waals surface area contributed by atoms with E-state index < -0.39 is 0 Å². The van der Waals surface area contributed by atoms with Crippen molar-refractivity contribution in [3.63, 3.8) is 0 Å². The lowest BCUT2D eigenvalue weighted by Gasteiger charge is -2.15. The Bertz CT molecular complexity index is 402. The second-order valence-electron chi connectivity index (χ2n) is 3.80. The molecule has 1 aromatic carbocycles. The van der Waals surface area contributed by atoms with Crippen LogP contribution in [0.15, 0.2) is 24.3 Å². The fourth-order valence-electron chi connectivity index (χ4n) is 1.47. The highest BCUT2D eigenvalue weighted by Gasteiger charge is 2.07. The van der Waals surface area contributed by atoms with Gasteiger partial charge in [-0.25, -0.2) is 4.79 Å². The Kier molecular flexibility index (Phi) is 5.02. The lowest BCUT2D eigenvalue weighted by Crippen LogP contribution is -2.37. The summed E-state index contributed by atoms with van der Waals surface area (Å²) in [4.78, 5) is 11.6. The van der Waals surface area contributed by atoms with E-state index in [9.17, 15) is 4.79 Å². The van der Waals surface area contributed by atoms with E-state index in [2.05, 4.69) is 10.6 Å². The number of nitrogens with one attached hydrogen (secondary N) is 2. The summed E-state index contributed by atoms with van der Waals surface area (Å²) in [6.45, 7) is 4.08. The minimum Gasteiger partial charge on any atom is -0.335 e. The highest BCUT2D eigenvalue weighted by molar-refractivity contribution is 5.89. The zero-order chi connectivity index (χ0) is 12.7. The molecule has 0 spiro atoms. The molecule has 0 fully saturated rings. The molecule has 0 unspecified atom stereocenters. The number of urea groups is 1. The van der Waals surface area contributed by atoms with E-state index in [0.717, 1.165) is 12.8 Å². The fraction of sp³-hybridized carbons (Fsp3) is 0.385. The number of amides is 2. The lowest BCUT2D eigenvalue weighted by molar-refractivity contribution is 0.247. The smallest absolute Gasteiger partial charge is 0.319 e. The number of carbonyl (C=O) groups excluding carboxylic acids is 1. The Hall–Kier alpha value is -2.02. The van der Waals surface area contributed by atoms with Crippen molar-refractivity contribution in [2.45, 2.75) is 32.7 Å². The quantitative estimate of drug-likeness (QED) is 0.836. The van der Waals surface area contributed by atoms with Crippen LogP contribution < -0.4 is 10.6 Å². The van der Waals surface area contributed by atoms with Gasteiger partial charge in [0, 0.05) is 11.7 Å². The van der Waals surface area contributed by atoms with Gasteiger partial charge in [0.25, 0.3) is 0 Å². The highest BCUT2D eigenvalue weighted by Crippen LogP contribution is 2.08. The van der Waals surface area contributed by atoms with Crippen molar-refractivity contribution in [2.24, 2.45) is 0 Å². The van der Waals surface area contributed by atoms with Crippen molar-refractivity contribution in [1.82, 2.24) is 5.32 Å². The van der Waals surface area contributed by atoms with Gasteiger partial charge in [-0.1, -0.05) is 13.8 Å². The molecule has 0 heterocycles. The Morgan fingerprint density at radius 1 is 1.29 bits per heavy atom. The molecule has 0 aliphatic carbocycles. The van der Waals surface area contributed by atoms with Crippen molar-refractivity contribution in [2.75, 3.05) is 5.32 Å². The van der Waals surface area contributed by atoms with Gasteiger partial charge >= 0.3 is 6.03 Å². The van der Waals surface area contributed by atoms with Gasteiger partial charge in [-0.3, -0.25) is 0 Å². The molecule has 1 aromatic rings. The van der Waals surface area contributed by atoms with E-state index >= 15 is 0 Å². The third-order valence-electron chi connectivity index (χ3n) is 2.59. The number of nitriles is 1. The summed E-state index contributed by atoms with van der Waals surface area (Å²) in [5.74, 6) is 0. The van der Waals surface area contributed by atoms with Gasteiger partial charge in [0.05, 0.1) is 11.6 Å². The van der Waals surface area contributed by atoms with E-state index in [1.165, 1.54) is 0 Å². The summed E-state index contributed by atoms with van der Waals surface area (Å²) in [5.41, 5.74) is 1.27. The second kappa shape index (κ2) is 6.54. The average molecular weight is 231 g/mol. The van der Waals surface area contributed by atoms with Crippen LogP contribution in [0.2, 0.25) is 0 Å². The van der Waals surface area contributed by atoms with Crippen molar-refractivity contribution in [1.29, 1.82) is 5.26 Å². The van der Waals surface area contributed by atoms with Crippen molar-refractivity contribution < 1.29 is 4.79 Å². The molecule has 2 N–H and O–H groups in total. The standard InChI is InChI=1S/C13H17N3O/c1-3-11(4-2)15-13(17)16-12-7-5-10(9-14)6-8-12/h5-8,11H,3-4H2,1-2H3,(H2,15,16,17). The van der Waals surface area contributed by atoms with Gasteiger partial charge < -0.3 is 10.6 Å². The normalized spacial score (nSPS) is 9.76. The van der Waals surface area contributed by atoms with Crippen LogP contribution >= 0.6 is 0 Å². The fourth-order valence-corrected chi connectivity index (χ4v) is 1.47.